The van der Waals surface area contributed by atoms with Crippen LogP contribution < -0.4 is 20.3 Å². The van der Waals surface area contributed by atoms with Gasteiger partial charge in [0.15, 0.2) is 0 Å². The number of carbonyl (C=O) groups excluding carboxylic acids is 1. The molecular formula is C28H33N3O4. The summed E-state index contributed by atoms with van der Waals surface area (Å²) in [4.78, 5) is 28.6. The number of methoxy groups -OCH3 is 2. The molecule has 1 aliphatic heterocycles. The van der Waals surface area contributed by atoms with Crippen LogP contribution in [0.25, 0.3) is 0 Å². The fourth-order valence-corrected chi connectivity index (χ4v) is 4.83. The van der Waals surface area contributed by atoms with Crippen molar-refractivity contribution in [1.82, 2.24) is 14.8 Å². The third-order valence-corrected chi connectivity index (χ3v) is 6.41. The maximum atomic E-state index is 13.3. The molecule has 0 saturated heterocycles. The average molecular weight is 476 g/mol. The number of hydrogen-bond donors (Lipinski definition) is 1. The molecule has 1 aromatic heterocycles. The van der Waals surface area contributed by atoms with Crippen molar-refractivity contribution >= 4 is 5.91 Å². The van der Waals surface area contributed by atoms with E-state index in [1.165, 1.54) is 29.9 Å². The van der Waals surface area contributed by atoms with Crippen molar-refractivity contribution in [3.63, 3.8) is 0 Å². The highest BCUT2D eigenvalue weighted by molar-refractivity contribution is 5.98. The van der Waals surface area contributed by atoms with E-state index in [4.69, 9.17) is 9.47 Å². The Morgan fingerprint density at radius 1 is 0.943 bits per heavy atom. The number of carbonyl (C=O) groups is 1. The second kappa shape index (κ2) is 10.8. The van der Waals surface area contributed by atoms with Gasteiger partial charge in [-0.1, -0.05) is 41.5 Å². The van der Waals surface area contributed by atoms with Crippen molar-refractivity contribution in [2.75, 3.05) is 27.3 Å². The average Bonchev–Trinajstić information content (AvgIpc) is 3.05. The molecule has 2 aromatic carbocycles. The predicted octanol–water partition coefficient (Wildman–Crippen LogP) is 3.47. The van der Waals surface area contributed by atoms with Crippen molar-refractivity contribution in [2.45, 2.75) is 39.9 Å². The summed E-state index contributed by atoms with van der Waals surface area (Å²) in [7, 11) is 3.11. The molecule has 0 spiro atoms. The summed E-state index contributed by atoms with van der Waals surface area (Å²) >= 11 is 0. The number of rotatable bonds is 7. The maximum Gasteiger partial charge on any atom is 0.257 e. The van der Waals surface area contributed by atoms with Gasteiger partial charge in [0, 0.05) is 50.9 Å². The number of benzene rings is 2. The Morgan fingerprint density at radius 3 is 2.43 bits per heavy atom. The van der Waals surface area contributed by atoms with E-state index >= 15 is 0 Å². The summed E-state index contributed by atoms with van der Waals surface area (Å²) in [5, 5.41) is 2.99. The minimum absolute atomic E-state index is 0.144. The van der Waals surface area contributed by atoms with Crippen molar-refractivity contribution in [2.24, 2.45) is 0 Å². The highest BCUT2D eigenvalue weighted by Gasteiger charge is 2.25. The zero-order chi connectivity index (χ0) is 24.9. The maximum absolute atomic E-state index is 13.3. The van der Waals surface area contributed by atoms with Crippen LogP contribution in [0.2, 0.25) is 0 Å². The van der Waals surface area contributed by atoms with Gasteiger partial charge in [-0.25, -0.2) is 0 Å². The molecule has 0 saturated carbocycles. The zero-order valence-electron chi connectivity index (χ0n) is 20.9. The van der Waals surface area contributed by atoms with Gasteiger partial charge >= 0.3 is 0 Å². The Hall–Kier alpha value is -3.58. The largest absolute Gasteiger partial charge is 0.497 e. The number of fused-ring (bicyclic) bond motifs is 1. The molecule has 3 aromatic rings. The third-order valence-electron chi connectivity index (χ3n) is 6.41. The number of aryl methyl sites for hydroxylation is 2. The summed E-state index contributed by atoms with van der Waals surface area (Å²) in [5.41, 5.74) is 5.69. The molecule has 184 valence electrons. The Balaban J connectivity index is 1.56. The van der Waals surface area contributed by atoms with E-state index in [-0.39, 0.29) is 11.5 Å². The van der Waals surface area contributed by atoms with E-state index in [0.29, 0.717) is 30.8 Å². The number of ether oxygens (including phenoxy) is 2. The van der Waals surface area contributed by atoms with E-state index in [2.05, 4.69) is 42.3 Å². The van der Waals surface area contributed by atoms with E-state index in [9.17, 15) is 9.59 Å². The monoisotopic (exact) mass is 475 g/mol. The first-order valence-electron chi connectivity index (χ1n) is 11.9. The van der Waals surface area contributed by atoms with Gasteiger partial charge in [-0.15, -0.1) is 0 Å². The van der Waals surface area contributed by atoms with Crippen molar-refractivity contribution in [3.8, 4) is 11.5 Å². The van der Waals surface area contributed by atoms with Gasteiger partial charge in [-0.3, -0.25) is 14.5 Å². The summed E-state index contributed by atoms with van der Waals surface area (Å²) in [5.74, 6) is 0.793. The highest BCUT2D eigenvalue weighted by atomic mass is 16.5. The molecule has 4 rings (SSSR count). The first kappa shape index (κ1) is 24.5. The van der Waals surface area contributed by atoms with Gasteiger partial charge in [0.25, 0.3) is 11.5 Å². The third kappa shape index (κ3) is 5.74. The molecule has 1 aliphatic rings. The summed E-state index contributed by atoms with van der Waals surface area (Å²) < 4.78 is 12.5. The van der Waals surface area contributed by atoms with Crippen LogP contribution in [0.1, 0.15) is 38.3 Å². The number of aromatic nitrogens is 1. The SMILES string of the molecule is COc1cccc(CNC(=O)c2c(OC)cc(=O)n3c2CCN(Cc2cc(C)cc(C)c2)CC3)c1. The Kier molecular flexibility index (Phi) is 7.56. The Labute approximate surface area is 206 Å². The molecule has 0 fully saturated rings. The smallest absolute Gasteiger partial charge is 0.257 e. The number of nitrogens with one attached hydrogen (secondary N) is 1. The van der Waals surface area contributed by atoms with Gasteiger partial charge in [0.05, 0.1) is 14.2 Å². The topological polar surface area (TPSA) is 72.8 Å². The second-order valence-electron chi connectivity index (χ2n) is 9.08. The second-order valence-corrected chi connectivity index (χ2v) is 9.08. The molecule has 0 radical (unpaired) electrons. The van der Waals surface area contributed by atoms with Crippen LogP contribution >= 0.6 is 0 Å². The number of nitrogens with zero attached hydrogens (tertiary/aromatic N) is 2. The molecular weight excluding hydrogens is 442 g/mol. The number of pyridine rings is 1. The summed E-state index contributed by atoms with van der Waals surface area (Å²) in [6.45, 7) is 7.37. The Bertz CT molecular complexity index is 1260. The normalized spacial score (nSPS) is 13.6. The lowest BCUT2D eigenvalue weighted by Gasteiger charge is -2.20. The summed E-state index contributed by atoms with van der Waals surface area (Å²) in [6.07, 6.45) is 0.582. The fourth-order valence-electron chi connectivity index (χ4n) is 4.83. The molecule has 7 heteroatoms. The van der Waals surface area contributed by atoms with Crippen LogP contribution in [0, 0.1) is 13.8 Å². The standard InChI is InChI=1S/C28H33N3O4/c1-19-12-20(2)14-22(13-19)18-30-9-8-24-27(25(35-4)16-26(32)31(24)11-10-30)28(33)29-17-21-6-5-7-23(15-21)34-3/h5-7,12-16H,8-11,17-18H2,1-4H3,(H,29,33). The first-order chi connectivity index (χ1) is 16.9. The molecule has 35 heavy (non-hydrogen) atoms. The molecule has 0 unspecified atom stereocenters. The lowest BCUT2D eigenvalue weighted by Crippen LogP contribution is -2.31. The van der Waals surface area contributed by atoms with Crippen LogP contribution in [0.15, 0.2) is 53.3 Å². The van der Waals surface area contributed by atoms with Crippen LogP contribution in [-0.4, -0.2) is 42.7 Å². The van der Waals surface area contributed by atoms with Crippen molar-refractivity contribution in [1.29, 1.82) is 0 Å². The summed E-state index contributed by atoms with van der Waals surface area (Å²) in [6, 6.07) is 15.6. The van der Waals surface area contributed by atoms with Crippen molar-refractivity contribution < 1.29 is 14.3 Å². The van der Waals surface area contributed by atoms with Gasteiger partial charge in [-0.2, -0.15) is 0 Å². The van der Waals surface area contributed by atoms with Crippen LogP contribution in [0.4, 0.5) is 0 Å². The molecule has 0 aliphatic carbocycles. The number of hydrogen-bond acceptors (Lipinski definition) is 5. The minimum atomic E-state index is -0.254. The first-order valence-corrected chi connectivity index (χ1v) is 11.9. The van der Waals surface area contributed by atoms with Crippen LogP contribution in [-0.2, 0) is 26.1 Å². The molecule has 2 heterocycles. The van der Waals surface area contributed by atoms with Gasteiger partial charge in [-0.05, 0) is 37.1 Å². The predicted molar refractivity (Wildman–Crippen MR) is 136 cm³/mol. The van der Waals surface area contributed by atoms with Gasteiger partial charge in [0.2, 0.25) is 0 Å². The number of amides is 1. The molecule has 1 amide bonds. The minimum Gasteiger partial charge on any atom is -0.497 e. The van der Waals surface area contributed by atoms with E-state index in [1.807, 2.05) is 24.3 Å². The van der Waals surface area contributed by atoms with Crippen LogP contribution in [0.3, 0.4) is 0 Å². The fraction of sp³-hybridized carbons (Fsp3) is 0.357. The van der Waals surface area contributed by atoms with E-state index < -0.39 is 0 Å². The molecule has 0 atom stereocenters. The van der Waals surface area contributed by atoms with Crippen LogP contribution in [0.5, 0.6) is 11.5 Å². The molecule has 1 N–H and O–H groups in total. The van der Waals surface area contributed by atoms with Gasteiger partial charge < -0.3 is 19.4 Å². The highest BCUT2D eigenvalue weighted by Crippen LogP contribution is 2.24. The molecule has 0 bridgehead atoms. The van der Waals surface area contributed by atoms with Gasteiger partial charge in [0.1, 0.15) is 17.1 Å². The van der Waals surface area contributed by atoms with Crippen molar-refractivity contribution in [3.05, 3.63) is 92.4 Å². The lowest BCUT2D eigenvalue weighted by molar-refractivity contribution is 0.0945. The van der Waals surface area contributed by atoms with E-state index in [1.54, 1.807) is 11.7 Å². The zero-order valence-corrected chi connectivity index (χ0v) is 20.9. The molecule has 7 nitrogen and oxygen atoms in total. The Morgan fingerprint density at radius 2 is 1.71 bits per heavy atom. The quantitative estimate of drug-likeness (QED) is 0.567. The lowest BCUT2D eigenvalue weighted by atomic mass is 10.1. The van der Waals surface area contributed by atoms with E-state index in [0.717, 1.165) is 36.6 Å².